The van der Waals surface area contributed by atoms with Crippen LogP contribution in [0.3, 0.4) is 0 Å². The summed E-state index contributed by atoms with van der Waals surface area (Å²) >= 11 is 0. The van der Waals surface area contributed by atoms with Crippen molar-refractivity contribution in [2.45, 2.75) is 20.3 Å². The summed E-state index contributed by atoms with van der Waals surface area (Å²) in [6, 6.07) is 7.89. The Bertz CT molecular complexity index is 365. The maximum Gasteiger partial charge on any atom is 0.328 e. The minimum Gasteiger partial charge on any atom is -0.478 e. The average Bonchev–Trinajstić information content (AvgIpc) is 2.15. The molecule has 0 aliphatic carbocycles. The van der Waals surface area contributed by atoms with Crippen molar-refractivity contribution in [1.82, 2.24) is 0 Å². The van der Waals surface area contributed by atoms with Gasteiger partial charge in [-0.15, -0.1) is 0 Å². The fraction of sp³-hybridized carbons (Fsp3) is 0.308. The lowest BCUT2D eigenvalue weighted by Gasteiger charge is -2.08. The maximum absolute atomic E-state index is 10.4. The van der Waals surface area contributed by atoms with E-state index in [-0.39, 0.29) is 0 Å². The second kappa shape index (κ2) is 5.35. The van der Waals surface area contributed by atoms with Crippen molar-refractivity contribution in [3.8, 4) is 0 Å². The van der Waals surface area contributed by atoms with E-state index in [1.54, 1.807) is 6.08 Å². The van der Waals surface area contributed by atoms with Crippen molar-refractivity contribution < 1.29 is 9.90 Å². The molecule has 1 aromatic rings. The Balaban J connectivity index is 2.91. The molecule has 0 amide bonds. The molecule has 0 spiro atoms. The zero-order chi connectivity index (χ0) is 11.3. The topological polar surface area (TPSA) is 37.3 Å². The summed E-state index contributed by atoms with van der Waals surface area (Å²) < 4.78 is 0. The van der Waals surface area contributed by atoms with Crippen LogP contribution < -0.4 is 0 Å². The lowest BCUT2D eigenvalue weighted by atomic mass is 9.98. The Labute approximate surface area is 90.3 Å². The number of carboxylic acid groups (broad SMARTS) is 1. The van der Waals surface area contributed by atoms with Crippen molar-refractivity contribution >= 4 is 12.0 Å². The Morgan fingerprint density at radius 1 is 1.40 bits per heavy atom. The highest BCUT2D eigenvalue weighted by atomic mass is 16.4. The van der Waals surface area contributed by atoms with Crippen LogP contribution in [-0.2, 0) is 11.2 Å². The molecular formula is C13H16O2. The largest absolute Gasteiger partial charge is 0.478 e. The molecule has 0 fully saturated rings. The fourth-order valence-electron chi connectivity index (χ4n) is 1.48. The SMILES string of the molecule is CC(C)Cc1ccccc1C=CC(=O)O. The summed E-state index contributed by atoms with van der Waals surface area (Å²) in [4.78, 5) is 10.4. The molecule has 0 heterocycles. The molecule has 2 heteroatoms. The Morgan fingerprint density at radius 3 is 2.67 bits per heavy atom. The number of hydrogen-bond acceptors (Lipinski definition) is 1. The zero-order valence-electron chi connectivity index (χ0n) is 9.10. The van der Waals surface area contributed by atoms with E-state index in [0.29, 0.717) is 5.92 Å². The smallest absolute Gasteiger partial charge is 0.328 e. The second-order valence-electron chi connectivity index (χ2n) is 3.97. The number of benzene rings is 1. The summed E-state index contributed by atoms with van der Waals surface area (Å²) in [6.07, 6.45) is 3.80. The molecule has 2 nitrogen and oxygen atoms in total. The van der Waals surface area contributed by atoms with Gasteiger partial charge in [0.15, 0.2) is 0 Å². The molecule has 0 saturated carbocycles. The second-order valence-corrected chi connectivity index (χ2v) is 3.97. The molecule has 0 saturated heterocycles. The van der Waals surface area contributed by atoms with Crippen LogP contribution in [0.1, 0.15) is 25.0 Å². The number of rotatable bonds is 4. The zero-order valence-corrected chi connectivity index (χ0v) is 9.10. The van der Waals surface area contributed by atoms with E-state index in [1.807, 2.05) is 24.3 Å². The Kier molecular flexibility index (Phi) is 4.10. The average molecular weight is 204 g/mol. The number of hydrogen-bond donors (Lipinski definition) is 1. The van der Waals surface area contributed by atoms with Crippen molar-refractivity contribution in [2.24, 2.45) is 5.92 Å². The van der Waals surface area contributed by atoms with Gasteiger partial charge in [0, 0.05) is 6.08 Å². The monoisotopic (exact) mass is 204 g/mol. The first-order valence-corrected chi connectivity index (χ1v) is 5.08. The minimum absolute atomic E-state index is 0.573. The highest BCUT2D eigenvalue weighted by Crippen LogP contribution is 2.15. The predicted molar refractivity (Wildman–Crippen MR) is 61.7 cm³/mol. The molecule has 1 rings (SSSR count). The molecule has 0 aliphatic heterocycles. The van der Waals surface area contributed by atoms with Gasteiger partial charge in [-0.05, 0) is 29.5 Å². The van der Waals surface area contributed by atoms with Gasteiger partial charge in [0.1, 0.15) is 0 Å². The molecule has 0 atom stereocenters. The van der Waals surface area contributed by atoms with Crippen LogP contribution in [0.4, 0.5) is 0 Å². The molecule has 1 aromatic carbocycles. The van der Waals surface area contributed by atoms with Gasteiger partial charge in [-0.1, -0.05) is 38.1 Å². The van der Waals surface area contributed by atoms with Crippen LogP contribution in [0.15, 0.2) is 30.3 Å². The lowest BCUT2D eigenvalue weighted by Crippen LogP contribution is -1.96. The van der Waals surface area contributed by atoms with Gasteiger partial charge in [-0.2, -0.15) is 0 Å². The molecule has 15 heavy (non-hydrogen) atoms. The van der Waals surface area contributed by atoms with Gasteiger partial charge < -0.3 is 5.11 Å². The van der Waals surface area contributed by atoms with E-state index in [0.717, 1.165) is 12.0 Å². The lowest BCUT2D eigenvalue weighted by molar-refractivity contribution is -0.131. The molecule has 0 aliphatic rings. The summed E-state index contributed by atoms with van der Waals surface area (Å²) in [6.45, 7) is 4.30. The van der Waals surface area contributed by atoms with Crippen LogP contribution in [-0.4, -0.2) is 11.1 Å². The molecule has 0 unspecified atom stereocenters. The standard InChI is InChI=1S/C13H16O2/c1-10(2)9-12-6-4-3-5-11(12)7-8-13(14)15/h3-8,10H,9H2,1-2H3,(H,14,15). The third kappa shape index (κ3) is 3.98. The van der Waals surface area contributed by atoms with E-state index in [1.165, 1.54) is 11.6 Å². The third-order valence-corrected chi connectivity index (χ3v) is 2.09. The van der Waals surface area contributed by atoms with E-state index in [4.69, 9.17) is 5.11 Å². The minimum atomic E-state index is -0.908. The van der Waals surface area contributed by atoms with Crippen LogP contribution in [0.5, 0.6) is 0 Å². The normalized spacial score (nSPS) is 11.1. The van der Waals surface area contributed by atoms with Gasteiger partial charge >= 0.3 is 5.97 Å². The Morgan fingerprint density at radius 2 is 2.07 bits per heavy atom. The number of aliphatic carboxylic acids is 1. The first kappa shape index (κ1) is 11.5. The van der Waals surface area contributed by atoms with Gasteiger partial charge in [-0.3, -0.25) is 0 Å². The molecular weight excluding hydrogens is 188 g/mol. The van der Waals surface area contributed by atoms with E-state index in [9.17, 15) is 4.79 Å². The van der Waals surface area contributed by atoms with Crippen LogP contribution in [0.25, 0.3) is 6.08 Å². The predicted octanol–water partition coefficient (Wildman–Crippen LogP) is 2.98. The highest BCUT2D eigenvalue weighted by Gasteiger charge is 2.01. The summed E-state index contributed by atoms with van der Waals surface area (Å²) in [5.74, 6) is -0.335. The van der Waals surface area contributed by atoms with Gasteiger partial charge in [0.25, 0.3) is 0 Å². The van der Waals surface area contributed by atoms with E-state index < -0.39 is 5.97 Å². The summed E-state index contributed by atoms with van der Waals surface area (Å²) in [5.41, 5.74) is 2.19. The van der Waals surface area contributed by atoms with Gasteiger partial charge in [-0.25, -0.2) is 4.79 Å². The maximum atomic E-state index is 10.4. The van der Waals surface area contributed by atoms with Gasteiger partial charge in [0.05, 0.1) is 0 Å². The van der Waals surface area contributed by atoms with Gasteiger partial charge in [0.2, 0.25) is 0 Å². The van der Waals surface area contributed by atoms with E-state index >= 15 is 0 Å². The van der Waals surface area contributed by atoms with Crippen LogP contribution in [0.2, 0.25) is 0 Å². The fourth-order valence-corrected chi connectivity index (χ4v) is 1.48. The first-order valence-electron chi connectivity index (χ1n) is 5.08. The van der Waals surface area contributed by atoms with Crippen molar-refractivity contribution in [3.63, 3.8) is 0 Å². The molecule has 0 bridgehead atoms. The molecule has 1 N–H and O–H groups in total. The van der Waals surface area contributed by atoms with E-state index in [2.05, 4.69) is 13.8 Å². The quantitative estimate of drug-likeness (QED) is 0.765. The number of carbonyl (C=O) groups is 1. The molecule has 0 aromatic heterocycles. The van der Waals surface area contributed by atoms with Crippen LogP contribution >= 0.6 is 0 Å². The van der Waals surface area contributed by atoms with Crippen molar-refractivity contribution in [2.75, 3.05) is 0 Å². The summed E-state index contributed by atoms with van der Waals surface area (Å²) in [7, 11) is 0. The first-order chi connectivity index (χ1) is 7.09. The summed E-state index contributed by atoms with van der Waals surface area (Å²) in [5, 5.41) is 8.56. The van der Waals surface area contributed by atoms with Crippen molar-refractivity contribution in [1.29, 1.82) is 0 Å². The Hall–Kier alpha value is -1.57. The van der Waals surface area contributed by atoms with Crippen LogP contribution in [0, 0.1) is 5.92 Å². The third-order valence-electron chi connectivity index (χ3n) is 2.09. The number of carboxylic acids is 1. The molecule has 80 valence electrons. The molecule has 0 radical (unpaired) electrons. The van der Waals surface area contributed by atoms with Crippen molar-refractivity contribution in [3.05, 3.63) is 41.5 Å². The highest BCUT2D eigenvalue weighted by molar-refractivity contribution is 5.85.